The lowest BCUT2D eigenvalue weighted by Crippen LogP contribution is -2.16. The maximum Gasteiger partial charge on any atom is 0.348 e. The van der Waals surface area contributed by atoms with Crippen LogP contribution in [-0.4, -0.2) is 41.3 Å². The summed E-state index contributed by atoms with van der Waals surface area (Å²) in [6, 6.07) is 5.17. The summed E-state index contributed by atoms with van der Waals surface area (Å²) in [7, 11) is 1.25. The maximum atomic E-state index is 12.9. The topological polar surface area (TPSA) is 109 Å². The van der Waals surface area contributed by atoms with E-state index in [4.69, 9.17) is 25.8 Å². The number of esters is 2. The van der Waals surface area contributed by atoms with Gasteiger partial charge in [-0.25, -0.2) is 14.3 Å². The number of benzene rings is 1. The number of thiophene rings is 1. The first-order valence-electron chi connectivity index (χ1n) is 10.8. The molecule has 0 saturated heterocycles. The monoisotopic (exact) mass is 519 g/mol. The zero-order chi connectivity index (χ0) is 25.7. The summed E-state index contributed by atoms with van der Waals surface area (Å²) < 4.78 is 17.3. The Balaban J connectivity index is 1.76. The summed E-state index contributed by atoms with van der Waals surface area (Å²) in [6.45, 7) is 7.55. The van der Waals surface area contributed by atoms with E-state index in [-0.39, 0.29) is 34.5 Å². The Kier molecular flexibility index (Phi) is 8.52. The number of hydrogen-bond donors (Lipinski definition) is 1. The van der Waals surface area contributed by atoms with Crippen molar-refractivity contribution in [2.45, 2.75) is 40.8 Å². The molecule has 0 saturated carbocycles. The molecule has 0 aliphatic carbocycles. The third kappa shape index (κ3) is 6.01. The fourth-order valence-corrected chi connectivity index (χ4v) is 4.47. The van der Waals surface area contributed by atoms with Crippen molar-refractivity contribution in [3.8, 4) is 5.75 Å². The number of nitrogens with zero attached hydrogens (tertiary/aromatic N) is 2. The SMILES string of the molecule is CCCOC(=O)c1c(NC(=O)c2ccn(COc3cc(C)c(Cl)c(C)c3)n2)sc(C(=O)OC)c1C. The quantitative estimate of drug-likeness (QED) is 0.388. The molecule has 0 spiro atoms. The lowest BCUT2D eigenvalue weighted by Gasteiger charge is -2.10. The standard InChI is InChI=1S/C24H26ClN3O6S/c1-6-9-33-23(30)18-15(4)20(24(31)32-5)35-22(18)26-21(29)17-7-8-28(27-17)12-34-16-10-13(2)19(25)14(3)11-16/h7-8,10-11H,6,9,12H2,1-5H3,(H,26,29). The van der Waals surface area contributed by atoms with Gasteiger partial charge in [0.05, 0.1) is 19.3 Å². The molecule has 0 aliphatic rings. The lowest BCUT2D eigenvalue weighted by molar-refractivity contribution is 0.0506. The van der Waals surface area contributed by atoms with Crippen molar-refractivity contribution < 1.29 is 28.6 Å². The number of aromatic nitrogens is 2. The van der Waals surface area contributed by atoms with Gasteiger partial charge in [0.1, 0.15) is 15.6 Å². The Labute approximate surface area is 211 Å². The zero-order valence-electron chi connectivity index (χ0n) is 20.1. The Hall–Kier alpha value is -3.37. The molecule has 11 heteroatoms. The van der Waals surface area contributed by atoms with Crippen LogP contribution in [0.1, 0.15) is 60.6 Å². The van der Waals surface area contributed by atoms with Crippen LogP contribution < -0.4 is 10.1 Å². The predicted molar refractivity (Wildman–Crippen MR) is 133 cm³/mol. The molecule has 0 aliphatic heterocycles. The molecule has 0 unspecified atom stereocenters. The average molecular weight is 520 g/mol. The Morgan fingerprint density at radius 3 is 2.46 bits per heavy atom. The molecule has 2 aromatic heterocycles. The van der Waals surface area contributed by atoms with Crippen LogP contribution in [-0.2, 0) is 16.2 Å². The molecule has 35 heavy (non-hydrogen) atoms. The van der Waals surface area contributed by atoms with Crippen LogP contribution in [0.4, 0.5) is 5.00 Å². The van der Waals surface area contributed by atoms with Gasteiger partial charge in [0.15, 0.2) is 12.4 Å². The van der Waals surface area contributed by atoms with Crippen LogP contribution in [0.5, 0.6) is 5.75 Å². The first kappa shape index (κ1) is 26.2. The number of aryl methyl sites for hydroxylation is 2. The van der Waals surface area contributed by atoms with E-state index in [2.05, 4.69) is 10.4 Å². The van der Waals surface area contributed by atoms with E-state index >= 15 is 0 Å². The van der Waals surface area contributed by atoms with Crippen LogP contribution in [0.15, 0.2) is 24.4 Å². The van der Waals surface area contributed by atoms with Crippen molar-refractivity contribution in [3.05, 3.63) is 62.2 Å². The molecular formula is C24H26ClN3O6S. The number of methoxy groups -OCH3 is 1. The molecule has 0 fully saturated rings. The van der Waals surface area contributed by atoms with E-state index in [9.17, 15) is 14.4 Å². The Morgan fingerprint density at radius 2 is 1.83 bits per heavy atom. The van der Waals surface area contributed by atoms with Crippen molar-refractivity contribution in [3.63, 3.8) is 0 Å². The highest BCUT2D eigenvalue weighted by molar-refractivity contribution is 7.18. The van der Waals surface area contributed by atoms with Crippen molar-refractivity contribution in [2.75, 3.05) is 19.0 Å². The largest absolute Gasteiger partial charge is 0.471 e. The second kappa shape index (κ2) is 11.4. The number of amides is 1. The van der Waals surface area contributed by atoms with E-state index in [1.165, 1.54) is 17.9 Å². The summed E-state index contributed by atoms with van der Waals surface area (Å²) in [5.41, 5.74) is 2.40. The predicted octanol–water partition coefficient (Wildman–Crippen LogP) is 5.17. The number of halogens is 1. The fraction of sp³-hybridized carbons (Fsp3) is 0.333. The minimum absolute atomic E-state index is 0.0764. The Morgan fingerprint density at radius 1 is 1.14 bits per heavy atom. The van der Waals surface area contributed by atoms with Crippen LogP contribution in [0.3, 0.4) is 0 Å². The second-order valence-electron chi connectivity index (χ2n) is 7.73. The van der Waals surface area contributed by atoms with Crippen molar-refractivity contribution in [1.82, 2.24) is 9.78 Å². The van der Waals surface area contributed by atoms with Crippen LogP contribution in [0.2, 0.25) is 5.02 Å². The van der Waals surface area contributed by atoms with Crippen molar-refractivity contribution in [2.24, 2.45) is 0 Å². The molecule has 3 aromatic rings. The first-order valence-corrected chi connectivity index (χ1v) is 12.0. The lowest BCUT2D eigenvalue weighted by atomic mass is 10.1. The normalized spacial score (nSPS) is 10.7. The first-order chi connectivity index (χ1) is 16.7. The van der Waals surface area contributed by atoms with E-state index < -0.39 is 17.8 Å². The van der Waals surface area contributed by atoms with Crippen molar-refractivity contribution >= 4 is 45.8 Å². The number of anilines is 1. The number of rotatable bonds is 9. The van der Waals surface area contributed by atoms with E-state index in [0.717, 1.165) is 22.5 Å². The Bertz CT molecular complexity index is 1240. The summed E-state index contributed by atoms with van der Waals surface area (Å²) in [5, 5.41) is 7.79. The van der Waals surface area contributed by atoms with Gasteiger partial charge in [-0.1, -0.05) is 18.5 Å². The van der Waals surface area contributed by atoms with Gasteiger partial charge in [-0.2, -0.15) is 5.10 Å². The molecule has 9 nitrogen and oxygen atoms in total. The summed E-state index contributed by atoms with van der Waals surface area (Å²) >= 11 is 7.14. The minimum atomic E-state index is -0.626. The fourth-order valence-electron chi connectivity index (χ4n) is 3.25. The highest BCUT2D eigenvalue weighted by Gasteiger charge is 2.27. The maximum absolute atomic E-state index is 12.9. The van der Waals surface area contributed by atoms with E-state index in [1.54, 1.807) is 13.1 Å². The van der Waals surface area contributed by atoms with Crippen molar-refractivity contribution in [1.29, 1.82) is 0 Å². The highest BCUT2D eigenvalue weighted by Crippen LogP contribution is 2.34. The van der Waals surface area contributed by atoms with Gasteiger partial charge in [0.2, 0.25) is 0 Å². The molecular weight excluding hydrogens is 494 g/mol. The summed E-state index contributed by atoms with van der Waals surface area (Å²) in [4.78, 5) is 37.8. The third-order valence-corrected chi connectivity index (χ3v) is 6.82. The smallest absolute Gasteiger partial charge is 0.348 e. The molecule has 0 radical (unpaired) electrons. The summed E-state index contributed by atoms with van der Waals surface area (Å²) in [6.07, 6.45) is 2.23. The van der Waals surface area contributed by atoms with Gasteiger partial charge in [-0.3, -0.25) is 4.79 Å². The van der Waals surface area contributed by atoms with Gasteiger partial charge in [0, 0.05) is 11.2 Å². The van der Waals surface area contributed by atoms with Crippen LogP contribution in [0, 0.1) is 20.8 Å². The average Bonchev–Trinajstić information content (AvgIpc) is 3.43. The molecule has 0 atom stereocenters. The van der Waals surface area contributed by atoms with Gasteiger partial charge < -0.3 is 19.5 Å². The minimum Gasteiger partial charge on any atom is -0.471 e. The molecule has 2 heterocycles. The number of carbonyl (C=O) groups excluding carboxylic acids is 3. The molecule has 186 valence electrons. The zero-order valence-corrected chi connectivity index (χ0v) is 21.6. The number of nitrogens with one attached hydrogen (secondary N) is 1. The second-order valence-corrected chi connectivity index (χ2v) is 9.13. The molecule has 1 amide bonds. The summed E-state index contributed by atoms with van der Waals surface area (Å²) in [5.74, 6) is -1.15. The highest BCUT2D eigenvalue weighted by atomic mass is 35.5. The molecule has 3 rings (SSSR count). The number of carbonyl (C=O) groups is 3. The van der Waals surface area contributed by atoms with Gasteiger partial charge in [-0.05, 0) is 62.1 Å². The molecule has 1 N–H and O–H groups in total. The number of hydrogen-bond acceptors (Lipinski definition) is 8. The van der Waals surface area contributed by atoms with E-state index in [1.807, 2.05) is 32.9 Å². The third-order valence-electron chi connectivity index (χ3n) is 5.03. The van der Waals surface area contributed by atoms with Crippen LogP contribution >= 0.6 is 22.9 Å². The van der Waals surface area contributed by atoms with Gasteiger partial charge in [0.25, 0.3) is 5.91 Å². The van der Waals surface area contributed by atoms with Crippen LogP contribution in [0.25, 0.3) is 0 Å². The molecule has 1 aromatic carbocycles. The van der Waals surface area contributed by atoms with Gasteiger partial charge >= 0.3 is 11.9 Å². The van der Waals surface area contributed by atoms with Gasteiger partial charge in [-0.15, -0.1) is 11.3 Å². The number of ether oxygens (including phenoxy) is 3. The molecule has 0 bridgehead atoms. The van der Waals surface area contributed by atoms with E-state index in [0.29, 0.717) is 22.8 Å².